The van der Waals surface area contributed by atoms with Crippen molar-refractivity contribution in [3.8, 4) is 55.6 Å². The minimum atomic E-state index is -0.167. The summed E-state index contributed by atoms with van der Waals surface area (Å²) < 4.78 is 0. The lowest BCUT2D eigenvalue weighted by Crippen LogP contribution is -2.19. The van der Waals surface area contributed by atoms with Crippen LogP contribution in [0.3, 0.4) is 0 Å². The van der Waals surface area contributed by atoms with Gasteiger partial charge < -0.3 is 0 Å². The van der Waals surface area contributed by atoms with Gasteiger partial charge in [0.2, 0.25) is 0 Å². The van der Waals surface area contributed by atoms with Gasteiger partial charge in [0.1, 0.15) is 0 Å². The van der Waals surface area contributed by atoms with Crippen LogP contribution in [0.2, 0.25) is 0 Å². The van der Waals surface area contributed by atoms with E-state index in [1.807, 2.05) is 0 Å². The van der Waals surface area contributed by atoms with Crippen molar-refractivity contribution in [1.29, 1.82) is 0 Å². The molecule has 0 aromatic heterocycles. The van der Waals surface area contributed by atoms with E-state index >= 15 is 0 Å². The van der Waals surface area contributed by atoms with Crippen LogP contribution in [0.25, 0.3) is 93.5 Å². The standard InChI is InChI=1S/C67H56/c1-37-26-28-47-54(32-37)66(6,7)53-31-30-45-50(36-58-62(63(45)61(47)53)46-23-15-17-25-52(46)65(58,4)5)60-43-21-12-10-19-41(43)59(42-20-11-13-22-44(42)60)38-27-29-40-49-35-56-48(34-57(49)67(8,9)55(40)33-38)39-18-14-16-24-51(39)64(56,2)3/h10-31,33-37H,32H2,1-9H3. The molecule has 9 aromatic carbocycles. The van der Waals surface area contributed by atoms with E-state index in [1.165, 1.54) is 138 Å². The van der Waals surface area contributed by atoms with Gasteiger partial charge in [0.25, 0.3) is 0 Å². The van der Waals surface area contributed by atoms with Crippen LogP contribution in [-0.2, 0) is 21.7 Å². The maximum absolute atomic E-state index is 2.61. The molecule has 0 saturated carbocycles. The Labute approximate surface area is 395 Å². The van der Waals surface area contributed by atoms with Crippen LogP contribution in [0.4, 0.5) is 0 Å². The van der Waals surface area contributed by atoms with E-state index < -0.39 is 0 Å². The molecule has 9 aromatic rings. The lowest BCUT2D eigenvalue weighted by atomic mass is 9.75. The summed E-state index contributed by atoms with van der Waals surface area (Å²) in [5, 5.41) is 7.98. The quantitative estimate of drug-likeness (QED) is 0.152. The van der Waals surface area contributed by atoms with Crippen molar-refractivity contribution in [2.24, 2.45) is 5.92 Å². The molecular weight excluding hydrogens is 805 g/mol. The Balaban J connectivity index is 1.03. The van der Waals surface area contributed by atoms with Crippen LogP contribution in [0.5, 0.6) is 0 Å². The molecule has 0 aliphatic heterocycles. The molecule has 0 heterocycles. The third-order valence-corrected chi connectivity index (χ3v) is 17.9. The highest BCUT2D eigenvalue weighted by Crippen LogP contribution is 2.61. The monoisotopic (exact) mass is 860 g/mol. The van der Waals surface area contributed by atoms with Gasteiger partial charge in [-0.1, -0.05) is 201 Å². The van der Waals surface area contributed by atoms with Gasteiger partial charge >= 0.3 is 0 Å². The number of hydrogen-bond acceptors (Lipinski definition) is 0. The number of allylic oxidation sites excluding steroid dienone is 4. The minimum Gasteiger partial charge on any atom is -0.0808 e. The predicted octanol–water partition coefficient (Wildman–Crippen LogP) is 18.0. The molecule has 0 saturated heterocycles. The molecule has 0 nitrogen and oxygen atoms in total. The Morgan fingerprint density at radius 1 is 0.358 bits per heavy atom. The van der Waals surface area contributed by atoms with Crippen molar-refractivity contribution >= 4 is 37.9 Å². The zero-order valence-electron chi connectivity index (χ0n) is 40.3. The largest absolute Gasteiger partial charge is 0.0808 e. The van der Waals surface area contributed by atoms with Crippen LogP contribution < -0.4 is 0 Å². The van der Waals surface area contributed by atoms with Gasteiger partial charge in [-0.25, -0.2) is 0 Å². The smallest absolute Gasteiger partial charge is 0.0159 e. The predicted molar refractivity (Wildman–Crippen MR) is 285 cm³/mol. The highest BCUT2D eigenvalue weighted by atomic mass is 14.5. The minimum absolute atomic E-state index is 0.0384. The van der Waals surface area contributed by atoms with Crippen LogP contribution in [0.15, 0.2) is 163 Å². The molecule has 1 atom stereocenters. The van der Waals surface area contributed by atoms with E-state index in [0.717, 1.165) is 6.42 Å². The Bertz CT molecular complexity index is 3780. The molecular formula is C67H56. The van der Waals surface area contributed by atoms with Gasteiger partial charge in [0.05, 0.1) is 0 Å². The molecule has 0 bridgehead atoms. The zero-order chi connectivity index (χ0) is 45.7. The maximum Gasteiger partial charge on any atom is 0.0159 e. The number of rotatable bonds is 2. The Morgan fingerprint density at radius 2 is 0.866 bits per heavy atom. The van der Waals surface area contributed by atoms with Crippen molar-refractivity contribution in [1.82, 2.24) is 0 Å². The summed E-state index contributed by atoms with van der Waals surface area (Å²) >= 11 is 0. The van der Waals surface area contributed by atoms with Gasteiger partial charge in [-0.05, 0) is 175 Å². The van der Waals surface area contributed by atoms with Crippen LogP contribution in [0.1, 0.15) is 113 Å². The summed E-state index contributed by atoms with van der Waals surface area (Å²) in [5.41, 5.74) is 27.8. The van der Waals surface area contributed by atoms with E-state index in [4.69, 9.17) is 0 Å². The van der Waals surface area contributed by atoms with E-state index in [2.05, 4.69) is 220 Å². The summed E-state index contributed by atoms with van der Waals surface area (Å²) in [6.45, 7) is 21.9. The first-order chi connectivity index (χ1) is 32.2. The SMILES string of the molecule is CC1C=CC2=C(C1)C(C)(C)c1ccc3c(-c4c5ccccc5c(-c5ccc6c(c5)C(C)(C)c5cc7c(cc5-6)C(C)(C)c5ccccc5-7)c5ccccc45)cc4c(c3c12)-c1ccccc1C4(C)C. The molecule has 0 radical (unpaired) electrons. The highest BCUT2D eigenvalue weighted by Gasteiger charge is 2.45. The molecule has 0 heteroatoms. The molecule has 1 unspecified atom stereocenters. The van der Waals surface area contributed by atoms with E-state index in [1.54, 1.807) is 5.57 Å². The average Bonchev–Trinajstić information content (AvgIpc) is 3.89. The fourth-order valence-corrected chi connectivity index (χ4v) is 14.4. The summed E-state index contributed by atoms with van der Waals surface area (Å²) in [6.07, 6.45) is 6.04. The van der Waals surface area contributed by atoms with Crippen molar-refractivity contribution in [3.05, 3.63) is 208 Å². The van der Waals surface area contributed by atoms with Gasteiger partial charge in [-0.2, -0.15) is 0 Å². The fraction of sp³-hybridized carbons (Fsp3) is 0.224. The van der Waals surface area contributed by atoms with Crippen LogP contribution in [-0.4, -0.2) is 0 Å². The molecule has 14 rings (SSSR count). The topological polar surface area (TPSA) is 0 Å². The van der Waals surface area contributed by atoms with Crippen molar-refractivity contribution < 1.29 is 0 Å². The van der Waals surface area contributed by atoms with Gasteiger partial charge in [-0.3, -0.25) is 0 Å². The second-order valence-corrected chi connectivity index (χ2v) is 22.8. The van der Waals surface area contributed by atoms with E-state index in [0.29, 0.717) is 5.92 Å². The van der Waals surface area contributed by atoms with E-state index in [9.17, 15) is 0 Å². The number of hydrogen-bond donors (Lipinski definition) is 0. The Morgan fingerprint density at radius 3 is 1.52 bits per heavy atom. The second kappa shape index (κ2) is 12.8. The van der Waals surface area contributed by atoms with Crippen LogP contribution >= 0.6 is 0 Å². The van der Waals surface area contributed by atoms with E-state index in [-0.39, 0.29) is 21.7 Å². The molecule has 0 N–H and O–H groups in total. The highest BCUT2D eigenvalue weighted by molar-refractivity contribution is 6.26. The summed E-state index contributed by atoms with van der Waals surface area (Å²) in [6, 6.07) is 57.0. The Hall–Kier alpha value is -6.76. The molecule has 0 spiro atoms. The van der Waals surface area contributed by atoms with Crippen molar-refractivity contribution in [2.45, 2.75) is 90.4 Å². The van der Waals surface area contributed by atoms with Gasteiger partial charge in [-0.15, -0.1) is 0 Å². The third-order valence-electron chi connectivity index (χ3n) is 17.9. The molecule has 5 aliphatic carbocycles. The lowest BCUT2D eigenvalue weighted by molar-refractivity contribution is 0.566. The van der Waals surface area contributed by atoms with Crippen LogP contribution in [0, 0.1) is 5.92 Å². The molecule has 67 heavy (non-hydrogen) atoms. The number of benzene rings is 9. The molecule has 324 valence electrons. The summed E-state index contributed by atoms with van der Waals surface area (Å²) in [4.78, 5) is 0. The molecule has 5 aliphatic rings. The third kappa shape index (κ3) is 4.84. The van der Waals surface area contributed by atoms with Crippen molar-refractivity contribution in [3.63, 3.8) is 0 Å². The lowest BCUT2D eigenvalue weighted by Gasteiger charge is -2.28. The fourth-order valence-electron chi connectivity index (χ4n) is 14.4. The Kier molecular flexibility index (Phi) is 7.54. The summed E-state index contributed by atoms with van der Waals surface area (Å²) in [5.74, 6) is 0.536. The van der Waals surface area contributed by atoms with Gasteiger partial charge in [0.15, 0.2) is 0 Å². The zero-order valence-corrected chi connectivity index (χ0v) is 40.3. The second-order valence-electron chi connectivity index (χ2n) is 22.8. The first-order valence-electron chi connectivity index (χ1n) is 24.7. The first-order valence-corrected chi connectivity index (χ1v) is 24.7. The average molecular weight is 861 g/mol. The maximum atomic E-state index is 2.61. The number of fused-ring (bicyclic) bond motifs is 16. The van der Waals surface area contributed by atoms with Gasteiger partial charge in [0, 0.05) is 21.7 Å². The van der Waals surface area contributed by atoms with Crippen molar-refractivity contribution in [2.75, 3.05) is 0 Å². The normalized spacial score (nSPS) is 19.0. The summed E-state index contributed by atoms with van der Waals surface area (Å²) in [7, 11) is 0. The molecule has 0 amide bonds. The molecule has 0 fully saturated rings. The first kappa shape index (κ1) is 39.4.